The van der Waals surface area contributed by atoms with Gasteiger partial charge in [-0.2, -0.15) is 0 Å². The first-order valence-electron chi connectivity index (χ1n) is 8.34. The fourth-order valence-electron chi connectivity index (χ4n) is 5.70. The van der Waals surface area contributed by atoms with Crippen LogP contribution in [0.2, 0.25) is 0 Å². The Morgan fingerprint density at radius 2 is 1.90 bits per heavy atom. The molecule has 2 nitrogen and oxygen atoms in total. The van der Waals surface area contributed by atoms with Crippen LogP contribution in [0.1, 0.15) is 51.1 Å². The van der Waals surface area contributed by atoms with Gasteiger partial charge >= 0.3 is 0 Å². The Hall–Kier alpha value is -0.410. The summed E-state index contributed by atoms with van der Waals surface area (Å²) in [5.74, 6) is 3.18. The fraction of sp³-hybridized carbons (Fsp3) is 0.824. The van der Waals surface area contributed by atoms with Crippen molar-refractivity contribution >= 4 is 11.3 Å². The monoisotopic (exact) mass is 290 g/mol. The lowest BCUT2D eigenvalue weighted by molar-refractivity contribution is -0.0702. The summed E-state index contributed by atoms with van der Waals surface area (Å²) in [7, 11) is 0. The average molecular weight is 290 g/mol. The van der Waals surface area contributed by atoms with Crippen molar-refractivity contribution < 1.29 is 0 Å². The van der Waals surface area contributed by atoms with Gasteiger partial charge in [0, 0.05) is 24.4 Å². The molecule has 0 saturated heterocycles. The zero-order chi connectivity index (χ0) is 13.6. The van der Waals surface area contributed by atoms with Gasteiger partial charge in [0.2, 0.25) is 0 Å². The molecular weight excluding hydrogens is 264 g/mol. The lowest BCUT2D eigenvalue weighted by Gasteiger charge is -2.59. The zero-order valence-corrected chi connectivity index (χ0v) is 13.3. The lowest BCUT2D eigenvalue weighted by Crippen LogP contribution is -2.55. The molecule has 0 radical (unpaired) electrons. The summed E-state index contributed by atoms with van der Waals surface area (Å²) in [5.41, 5.74) is 3.83. The number of thiazole rings is 1. The maximum atomic E-state index is 4.38. The summed E-state index contributed by atoms with van der Waals surface area (Å²) in [6.07, 6.45) is 10.2. The molecule has 1 unspecified atom stereocenters. The molecule has 20 heavy (non-hydrogen) atoms. The Labute approximate surface area is 126 Å². The molecule has 1 atom stereocenters. The number of hydrogen-bond donors (Lipinski definition) is 1. The molecule has 0 spiro atoms. The van der Waals surface area contributed by atoms with Crippen LogP contribution in [-0.2, 0) is 6.42 Å². The van der Waals surface area contributed by atoms with Crippen LogP contribution in [0.3, 0.4) is 0 Å². The van der Waals surface area contributed by atoms with Crippen molar-refractivity contribution in [2.75, 3.05) is 6.54 Å². The van der Waals surface area contributed by atoms with Gasteiger partial charge in [-0.3, -0.25) is 0 Å². The topological polar surface area (TPSA) is 24.9 Å². The van der Waals surface area contributed by atoms with Crippen molar-refractivity contribution in [2.45, 2.75) is 57.9 Å². The van der Waals surface area contributed by atoms with Crippen LogP contribution in [0.25, 0.3) is 0 Å². The third-order valence-electron chi connectivity index (χ3n) is 6.32. The Morgan fingerprint density at radius 1 is 1.25 bits per heavy atom. The molecule has 4 bridgehead atoms. The number of hydrogen-bond acceptors (Lipinski definition) is 3. The van der Waals surface area contributed by atoms with Crippen LogP contribution in [0, 0.1) is 23.2 Å². The van der Waals surface area contributed by atoms with Crippen LogP contribution < -0.4 is 5.32 Å². The van der Waals surface area contributed by atoms with E-state index in [1.54, 1.807) is 30.6 Å². The first kappa shape index (κ1) is 13.3. The molecule has 1 N–H and O–H groups in total. The highest BCUT2D eigenvalue weighted by Crippen LogP contribution is 2.61. The van der Waals surface area contributed by atoms with Gasteiger partial charge in [-0.25, -0.2) is 4.98 Å². The Morgan fingerprint density at radius 3 is 2.45 bits per heavy atom. The molecule has 1 heterocycles. The highest BCUT2D eigenvalue weighted by molar-refractivity contribution is 7.07. The van der Waals surface area contributed by atoms with Crippen LogP contribution in [0.15, 0.2) is 10.9 Å². The summed E-state index contributed by atoms with van der Waals surface area (Å²) in [5, 5.41) is 6.02. The standard InChI is InChI=1S/C17H26N2S/c1-12(18-3-2-16-10-20-11-19-16)17-7-13-4-14(8-17)6-15(5-13)9-17/h10-15,18H,2-9H2,1H3. The molecule has 0 aliphatic heterocycles. The van der Waals surface area contributed by atoms with Gasteiger partial charge in [0.25, 0.3) is 0 Å². The van der Waals surface area contributed by atoms with E-state index in [1.807, 2.05) is 5.51 Å². The average Bonchev–Trinajstić information content (AvgIpc) is 2.90. The van der Waals surface area contributed by atoms with E-state index in [4.69, 9.17) is 0 Å². The van der Waals surface area contributed by atoms with E-state index in [1.165, 1.54) is 25.0 Å². The van der Waals surface area contributed by atoms with Crippen LogP contribution in [0.4, 0.5) is 0 Å². The third-order valence-corrected chi connectivity index (χ3v) is 6.95. The molecule has 3 heteroatoms. The van der Waals surface area contributed by atoms with Crippen LogP contribution >= 0.6 is 11.3 Å². The molecule has 4 aliphatic carbocycles. The number of nitrogens with one attached hydrogen (secondary N) is 1. The maximum absolute atomic E-state index is 4.38. The highest BCUT2D eigenvalue weighted by Gasteiger charge is 2.52. The summed E-state index contributed by atoms with van der Waals surface area (Å²) < 4.78 is 0. The minimum atomic E-state index is 0.636. The van der Waals surface area contributed by atoms with Gasteiger partial charge in [-0.05, 0) is 68.6 Å². The fourth-order valence-corrected chi connectivity index (χ4v) is 6.30. The van der Waals surface area contributed by atoms with E-state index in [2.05, 4.69) is 22.6 Å². The van der Waals surface area contributed by atoms with Gasteiger partial charge in [0.05, 0.1) is 11.2 Å². The van der Waals surface area contributed by atoms with Crippen molar-refractivity contribution in [3.8, 4) is 0 Å². The molecule has 0 amide bonds. The summed E-state index contributed by atoms with van der Waals surface area (Å²) in [4.78, 5) is 4.38. The van der Waals surface area contributed by atoms with Crippen molar-refractivity contribution in [1.29, 1.82) is 0 Å². The number of rotatable bonds is 5. The SMILES string of the molecule is CC(NCCc1cscn1)C12CC3CC(CC(C3)C1)C2. The second kappa shape index (κ2) is 5.10. The smallest absolute Gasteiger partial charge is 0.0794 e. The largest absolute Gasteiger partial charge is 0.313 e. The third kappa shape index (κ3) is 2.33. The predicted octanol–water partition coefficient (Wildman–Crippen LogP) is 3.88. The molecule has 4 fully saturated rings. The molecule has 110 valence electrons. The van der Waals surface area contributed by atoms with E-state index < -0.39 is 0 Å². The number of nitrogens with zero attached hydrogens (tertiary/aromatic N) is 1. The summed E-state index contributed by atoms with van der Waals surface area (Å²) in [6, 6.07) is 0.689. The maximum Gasteiger partial charge on any atom is 0.0794 e. The Bertz CT molecular complexity index is 418. The van der Waals surface area contributed by atoms with Crippen LogP contribution in [0.5, 0.6) is 0 Å². The quantitative estimate of drug-likeness (QED) is 0.890. The molecule has 1 aromatic heterocycles. The molecular formula is C17H26N2S. The van der Waals surface area contributed by atoms with Gasteiger partial charge in [-0.15, -0.1) is 11.3 Å². The summed E-state index contributed by atoms with van der Waals surface area (Å²) >= 11 is 1.71. The first-order valence-corrected chi connectivity index (χ1v) is 9.28. The van der Waals surface area contributed by atoms with Gasteiger partial charge in [0.15, 0.2) is 0 Å². The van der Waals surface area contributed by atoms with Crippen molar-refractivity contribution in [2.24, 2.45) is 23.2 Å². The molecule has 0 aromatic carbocycles. The minimum absolute atomic E-state index is 0.636. The van der Waals surface area contributed by atoms with Crippen molar-refractivity contribution in [1.82, 2.24) is 10.3 Å². The number of aromatic nitrogens is 1. The Kier molecular flexibility index (Phi) is 3.38. The molecule has 4 aliphatic rings. The molecule has 5 rings (SSSR count). The van der Waals surface area contributed by atoms with Crippen molar-refractivity contribution in [3.63, 3.8) is 0 Å². The minimum Gasteiger partial charge on any atom is -0.313 e. The molecule has 4 saturated carbocycles. The second-order valence-electron chi connectivity index (χ2n) is 7.69. The first-order chi connectivity index (χ1) is 9.73. The van der Waals surface area contributed by atoms with Crippen LogP contribution in [-0.4, -0.2) is 17.6 Å². The van der Waals surface area contributed by atoms with E-state index in [0.717, 1.165) is 30.7 Å². The van der Waals surface area contributed by atoms with Gasteiger partial charge in [-0.1, -0.05) is 0 Å². The van der Waals surface area contributed by atoms with Gasteiger partial charge < -0.3 is 5.32 Å². The van der Waals surface area contributed by atoms with Gasteiger partial charge in [0.1, 0.15) is 0 Å². The summed E-state index contributed by atoms with van der Waals surface area (Å²) in [6.45, 7) is 3.54. The van der Waals surface area contributed by atoms with E-state index in [-0.39, 0.29) is 0 Å². The van der Waals surface area contributed by atoms with E-state index in [0.29, 0.717) is 11.5 Å². The highest BCUT2D eigenvalue weighted by atomic mass is 32.1. The predicted molar refractivity (Wildman–Crippen MR) is 83.9 cm³/mol. The van der Waals surface area contributed by atoms with E-state index in [9.17, 15) is 0 Å². The zero-order valence-electron chi connectivity index (χ0n) is 12.5. The lowest BCUT2D eigenvalue weighted by atomic mass is 9.48. The molecule has 1 aromatic rings. The Balaban J connectivity index is 1.37. The van der Waals surface area contributed by atoms with E-state index >= 15 is 0 Å². The second-order valence-corrected chi connectivity index (χ2v) is 8.40. The normalized spacial score (nSPS) is 40.1. The van der Waals surface area contributed by atoms with Crippen molar-refractivity contribution in [3.05, 3.63) is 16.6 Å².